The van der Waals surface area contributed by atoms with Gasteiger partial charge in [-0.2, -0.15) is 0 Å². The first kappa shape index (κ1) is 19.7. The monoisotopic (exact) mass is 404 g/mol. The van der Waals surface area contributed by atoms with Crippen LogP contribution in [0.5, 0.6) is 0 Å². The summed E-state index contributed by atoms with van der Waals surface area (Å²) in [5, 5.41) is 0. The van der Waals surface area contributed by atoms with Crippen molar-refractivity contribution in [1.29, 1.82) is 0 Å². The van der Waals surface area contributed by atoms with E-state index in [-0.39, 0.29) is 17.9 Å². The maximum atomic E-state index is 13.7. The Morgan fingerprint density at radius 1 is 1.14 bits per heavy atom. The lowest BCUT2D eigenvalue weighted by atomic mass is 9.95. The first-order valence-electron chi connectivity index (χ1n) is 9.90. The van der Waals surface area contributed by atoms with Crippen LogP contribution in [0.2, 0.25) is 0 Å². The highest BCUT2D eigenvalue weighted by molar-refractivity contribution is 5.82. The van der Waals surface area contributed by atoms with Crippen LogP contribution >= 0.6 is 0 Å². The zero-order chi connectivity index (χ0) is 20.5. The van der Waals surface area contributed by atoms with Gasteiger partial charge >= 0.3 is 0 Å². The number of fused-ring (bicyclic) bond motifs is 1. The van der Waals surface area contributed by atoms with Crippen molar-refractivity contribution in [2.24, 2.45) is 5.92 Å². The number of piperazine rings is 1. The Labute approximate surface area is 167 Å². The Balaban J connectivity index is 1.34. The summed E-state index contributed by atoms with van der Waals surface area (Å²) < 4.78 is 40.0. The molecule has 8 heteroatoms. The summed E-state index contributed by atoms with van der Waals surface area (Å²) in [5.74, 6) is -1.50. The Morgan fingerprint density at radius 3 is 2.66 bits per heavy atom. The average Bonchev–Trinajstić information content (AvgIpc) is 3.03. The van der Waals surface area contributed by atoms with Gasteiger partial charge in [-0.3, -0.25) is 4.79 Å². The molecule has 0 spiro atoms. The molecule has 154 valence electrons. The van der Waals surface area contributed by atoms with Gasteiger partial charge in [-0.15, -0.1) is 0 Å². The van der Waals surface area contributed by atoms with Crippen molar-refractivity contribution < 1.29 is 18.0 Å². The van der Waals surface area contributed by atoms with Gasteiger partial charge in [-0.1, -0.05) is 6.07 Å². The number of aryl methyl sites for hydroxylation is 1. The molecule has 0 radical (unpaired) electrons. The molecule has 2 aliphatic heterocycles. The van der Waals surface area contributed by atoms with Gasteiger partial charge in [0.25, 0.3) is 0 Å². The fourth-order valence-corrected chi connectivity index (χ4v) is 4.40. The predicted octanol–water partition coefficient (Wildman–Crippen LogP) is 3.26. The summed E-state index contributed by atoms with van der Waals surface area (Å²) in [4.78, 5) is 24.7. The van der Waals surface area contributed by atoms with Crippen LogP contribution in [0.3, 0.4) is 0 Å². The molecule has 2 fully saturated rings. The highest BCUT2D eigenvalue weighted by Gasteiger charge is 2.42. The number of benzene rings is 1. The molecule has 2 saturated heterocycles. The summed E-state index contributed by atoms with van der Waals surface area (Å²) in [6.07, 6.45) is 5.14. The van der Waals surface area contributed by atoms with Crippen molar-refractivity contribution >= 4 is 11.9 Å². The van der Waals surface area contributed by atoms with Crippen molar-refractivity contribution in [3.63, 3.8) is 0 Å². The molecular weight excluding hydrogens is 381 g/mol. The maximum Gasteiger partial charge on any atom is 0.226 e. The van der Waals surface area contributed by atoms with E-state index in [1.54, 1.807) is 13.0 Å². The standard InChI is InChI=1S/C21H23F3N4O/c1-13-14(5-6-18(23)19(13)24)3-2-4-15-9-17-12-27(7-8-28(17)20(15)29)21-25-10-16(22)11-26-21/h5-6,10-11,15,17H,2-4,7-9,12H2,1H3/t15-,17-/m0/s1. The van der Waals surface area contributed by atoms with Crippen LogP contribution in [0.15, 0.2) is 24.5 Å². The average molecular weight is 404 g/mol. The zero-order valence-electron chi connectivity index (χ0n) is 16.2. The van der Waals surface area contributed by atoms with Crippen LogP contribution in [-0.2, 0) is 11.2 Å². The maximum absolute atomic E-state index is 13.7. The summed E-state index contributed by atoms with van der Waals surface area (Å²) in [5.41, 5.74) is 1.13. The highest BCUT2D eigenvalue weighted by Crippen LogP contribution is 2.32. The highest BCUT2D eigenvalue weighted by atomic mass is 19.2. The molecule has 1 aromatic heterocycles. The lowest BCUT2D eigenvalue weighted by Crippen LogP contribution is -2.52. The van der Waals surface area contributed by atoms with Crippen molar-refractivity contribution in [2.45, 2.75) is 38.6 Å². The second-order valence-corrected chi connectivity index (χ2v) is 7.80. The van der Waals surface area contributed by atoms with E-state index in [1.807, 2.05) is 9.80 Å². The van der Waals surface area contributed by atoms with Gasteiger partial charge < -0.3 is 9.80 Å². The van der Waals surface area contributed by atoms with Gasteiger partial charge in [-0.05, 0) is 49.8 Å². The summed E-state index contributed by atoms with van der Waals surface area (Å²) in [6.45, 7) is 3.44. The third kappa shape index (κ3) is 3.93. The third-order valence-corrected chi connectivity index (χ3v) is 6.01. The molecular formula is C21H23F3N4O. The number of hydrogen-bond donors (Lipinski definition) is 0. The molecule has 0 aliphatic carbocycles. The number of carbonyl (C=O) groups excluding carboxylic acids is 1. The smallest absolute Gasteiger partial charge is 0.226 e. The molecule has 0 N–H and O–H groups in total. The molecule has 0 bridgehead atoms. The molecule has 4 rings (SSSR count). The largest absolute Gasteiger partial charge is 0.337 e. The lowest BCUT2D eigenvalue weighted by molar-refractivity contribution is -0.132. The normalized spacial score (nSPS) is 21.6. The first-order valence-corrected chi connectivity index (χ1v) is 9.90. The molecule has 1 aromatic carbocycles. The summed E-state index contributed by atoms with van der Waals surface area (Å²) >= 11 is 0. The van der Waals surface area contributed by atoms with E-state index in [9.17, 15) is 18.0 Å². The van der Waals surface area contributed by atoms with Crippen LogP contribution in [0.4, 0.5) is 19.1 Å². The van der Waals surface area contributed by atoms with Crippen LogP contribution in [0.25, 0.3) is 0 Å². The van der Waals surface area contributed by atoms with Crippen LogP contribution in [0, 0.1) is 30.3 Å². The summed E-state index contributed by atoms with van der Waals surface area (Å²) in [7, 11) is 0. The van der Waals surface area contributed by atoms with E-state index >= 15 is 0 Å². The number of hydrogen-bond acceptors (Lipinski definition) is 4. The molecule has 0 unspecified atom stereocenters. The van der Waals surface area contributed by atoms with Crippen molar-refractivity contribution in [2.75, 3.05) is 24.5 Å². The number of anilines is 1. The molecule has 5 nitrogen and oxygen atoms in total. The number of amides is 1. The van der Waals surface area contributed by atoms with Crippen molar-refractivity contribution in [3.05, 3.63) is 53.1 Å². The number of aromatic nitrogens is 2. The van der Waals surface area contributed by atoms with Crippen molar-refractivity contribution in [1.82, 2.24) is 14.9 Å². The van der Waals surface area contributed by atoms with E-state index in [2.05, 4.69) is 9.97 Å². The Bertz CT molecular complexity index is 906. The Kier molecular flexibility index (Phi) is 5.43. The van der Waals surface area contributed by atoms with Gasteiger partial charge in [0, 0.05) is 25.6 Å². The third-order valence-electron chi connectivity index (χ3n) is 6.01. The van der Waals surface area contributed by atoms with E-state index in [4.69, 9.17) is 0 Å². The van der Waals surface area contributed by atoms with Crippen LogP contribution in [0.1, 0.15) is 30.4 Å². The molecule has 1 amide bonds. The molecule has 29 heavy (non-hydrogen) atoms. The van der Waals surface area contributed by atoms with Gasteiger partial charge in [-0.25, -0.2) is 23.1 Å². The van der Waals surface area contributed by atoms with Crippen LogP contribution < -0.4 is 4.90 Å². The molecule has 3 heterocycles. The predicted molar refractivity (Wildman–Crippen MR) is 102 cm³/mol. The second-order valence-electron chi connectivity index (χ2n) is 7.80. The van der Waals surface area contributed by atoms with Gasteiger partial charge in [0.1, 0.15) is 0 Å². The fraction of sp³-hybridized carbons (Fsp3) is 0.476. The number of halogens is 3. The van der Waals surface area contributed by atoms with Crippen molar-refractivity contribution in [3.8, 4) is 0 Å². The molecule has 2 aliphatic rings. The molecule has 2 atom stereocenters. The number of carbonyl (C=O) groups is 1. The fourth-order valence-electron chi connectivity index (χ4n) is 4.40. The van der Waals surface area contributed by atoms with E-state index in [0.717, 1.165) is 43.3 Å². The van der Waals surface area contributed by atoms with Gasteiger partial charge in [0.05, 0.1) is 18.4 Å². The minimum Gasteiger partial charge on any atom is -0.337 e. The van der Waals surface area contributed by atoms with Gasteiger partial charge in [0.15, 0.2) is 17.5 Å². The van der Waals surface area contributed by atoms with Gasteiger partial charge in [0.2, 0.25) is 11.9 Å². The topological polar surface area (TPSA) is 49.3 Å². The van der Waals surface area contributed by atoms with E-state index in [0.29, 0.717) is 37.6 Å². The Morgan fingerprint density at radius 2 is 1.90 bits per heavy atom. The minimum atomic E-state index is -0.830. The number of nitrogens with zero attached hydrogens (tertiary/aromatic N) is 4. The molecule has 0 saturated carbocycles. The molecule has 2 aromatic rings. The Hall–Kier alpha value is -2.64. The first-order chi connectivity index (χ1) is 13.9. The SMILES string of the molecule is Cc1c(CCC[C@H]2C[C@H]3CN(c4ncc(F)cn4)CCN3C2=O)ccc(F)c1F. The lowest BCUT2D eigenvalue weighted by Gasteiger charge is -2.37. The number of rotatable bonds is 5. The van der Waals surface area contributed by atoms with E-state index < -0.39 is 17.5 Å². The van der Waals surface area contributed by atoms with E-state index in [1.165, 1.54) is 0 Å². The minimum absolute atomic E-state index is 0.0558. The quantitative estimate of drug-likeness (QED) is 0.768. The second kappa shape index (κ2) is 8.00. The zero-order valence-corrected chi connectivity index (χ0v) is 16.2. The summed E-state index contributed by atoms with van der Waals surface area (Å²) in [6, 6.07) is 2.87. The van der Waals surface area contributed by atoms with Crippen LogP contribution in [-0.4, -0.2) is 46.5 Å².